The number of nitrogens with zero attached hydrogens (tertiary/aromatic N) is 3. The van der Waals surface area contributed by atoms with Crippen LogP contribution in [-0.2, 0) is 4.79 Å². The summed E-state index contributed by atoms with van der Waals surface area (Å²) in [7, 11) is 1.64. The van der Waals surface area contributed by atoms with Crippen LogP contribution in [0.1, 0.15) is 13.3 Å². The number of piperazine rings is 1. The zero-order chi connectivity index (χ0) is 16.9. The number of amides is 1. The average molecular weight is 348 g/mol. The van der Waals surface area contributed by atoms with E-state index in [2.05, 4.69) is 21.8 Å². The molecule has 1 N–H and O–H groups in total. The molecule has 0 saturated carbocycles. The fraction of sp³-hybridized carbons (Fsp3) is 0.529. The molecule has 1 aromatic carbocycles. The number of ether oxygens (including phenoxy) is 1. The van der Waals surface area contributed by atoms with E-state index in [1.165, 1.54) is 18.2 Å². The third kappa shape index (κ3) is 4.02. The summed E-state index contributed by atoms with van der Waals surface area (Å²) >= 11 is 1.46. The summed E-state index contributed by atoms with van der Waals surface area (Å²) in [5, 5.41) is 0.774. The first kappa shape index (κ1) is 17.1. The van der Waals surface area contributed by atoms with Gasteiger partial charge in [0.1, 0.15) is 5.75 Å². The molecule has 0 bridgehead atoms. The summed E-state index contributed by atoms with van der Waals surface area (Å²) in [6.07, 6.45) is 1.17. The average Bonchev–Trinajstić information content (AvgIpc) is 3.02. The molecule has 1 amide bonds. The highest BCUT2D eigenvalue weighted by molar-refractivity contribution is 7.99. The minimum Gasteiger partial charge on any atom is -0.497 e. The Morgan fingerprint density at radius 1 is 1.33 bits per heavy atom. The van der Waals surface area contributed by atoms with Gasteiger partial charge in [0.15, 0.2) is 5.16 Å². The SMILES string of the molecule is CCCN1CCN(C(=O)CSc2nc3ccc(OC)cc3[nH]2)CC1. The van der Waals surface area contributed by atoms with E-state index >= 15 is 0 Å². The van der Waals surface area contributed by atoms with Crippen LogP contribution in [0.2, 0.25) is 0 Å². The highest BCUT2D eigenvalue weighted by Gasteiger charge is 2.20. The van der Waals surface area contributed by atoms with E-state index in [0.29, 0.717) is 5.75 Å². The molecule has 0 unspecified atom stereocenters. The molecule has 1 aromatic heterocycles. The minimum absolute atomic E-state index is 0.189. The second-order valence-corrected chi connectivity index (χ2v) is 6.90. The van der Waals surface area contributed by atoms with Crippen LogP contribution in [0.4, 0.5) is 0 Å². The van der Waals surface area contributed by atoms with Crippen molar-refractivity contribution in [2.45, 2.75) is 18.5 Å². The quantitative estimate of drug-likeness (QED) is 0.811. The lowest BCUT2D eigenvalue weighted by atomic mass is 10.3. The van der Waals surface area contributed by atoms with Crippen LogP contribution < -0.4 is 4.74 Å². The van der Waals surface area contributed by atoms with Gasteiger partial charge in [-0.1, -0.05) is 18.7 Å². The van der Waals surface area contributed by atoms with Crippen molar-refractivity contribution in [1.82, 2.24) is 19.8 Å². The zero-order valence-corrected chi connectivity index (χ0v) is 15.1. The van der Waals surface area contributed by atoms with Crippen molar-refractivity contribution in [3.05, 3.63) is 18.2 Å². The van der Waals surface area contributed by atoms with Crippen LogP contribution >= 0.6 is 11.8 Å². The van der Waals surface area contributed by atoms with Crippen LogP contribution in [0.5, 0.6) is 5.75 Å². The Balaban J connectivity index is 1.53. The highest BCUT2D eigenvalue weighted by atomic mass is 32.2. The number of nitrogens with one attached hydrogen (secondary N) is 1. The standard InChI is InChI=1S/C17H24N4O2S/c1-3-6-20-7-9-21(10-8-20)16(22)12-24-17-18-14-5-4-13(23-2)11-15(14)19-17/h4-5,11H,3,6-10,12H2,1-2H3,(H,18,19). The van der Waals surface area contributed by atoms with Crippen molar-refractivity contribution in [2.75, 3.05) is 45.6 Å². The maximum atomic E-state index is 12.4. The van der Waals surface area contributed by atoms with E-state index in [-0.39, 0.29) is 5.91 Å². The number of hydrogen-bond donors (Lipinski definition) is 1. The van der Waals surface area contributed by atoms with Gasteiger partial charge in [-0.15, -0.1) is 0 Å². The maximum absolute atomic E-state index is 12.4. The molecule has 2 aromatic rings. The first-order chi connectivity index (χ1) is 11.7. The summed E-state index contributed by atoms with van der Waals surface area (Å²) in [5.41, 5.74) is 1.82. The van der Waals surface area contributed by atoms with E-state index in [9.17, 15) is 4.79 Å². The second kappa shape index (κ2) is 7.90. The molecule has 1 aliphatic heterocycles. The van der Waals surface area contributed by atoms with Gasteiger partial charge in [0.25, 0.3) is 0 Å². The van der Waals surface area contributed by atoms with E-state index < -0.39 is 0 Å². The van der Waals surface area contributed by atoms with Crippen molar-refractivity contribution in [3.8, 4) is 5.75 Å². The molecule has 3 rings (SSSR count). The third-order valence-electron chi connectivity index (χ3n) is 4.26. The molecule has 6 nitrogen and oxygen atoms in total. The van der Waals surface area contributed by atoms with Gasteiger partial charge < -0.3 is 14.6 Å². The fourth-order valence-electron chi connectivity index (χ4n) is 2.92. The molecule has 24 heavy (non-hydrogen) atoms. The highest BCUT2D eigenvalue weighted by Crippen LogP contribution is 2.23. The predicted octanol–water partition coefficient (Wildman–Crippen LogP) is 2.22. The molecule has 2 heterocycles. The van der Waals surface area contributed by atoms with E-state index in [4.69, 9.17) is 4.74 Å². The van der Waals surface area contributed by atoms with E-state index in [1.807, 2.05) is 23.1 Å². The van der Waals surface area contributed by atoms with Crippen molar-refractivity contribution in [3.63, 3.8) is 0 Å². The maximum Gasteiger partial charge on any atom is 0.233 e. The van der Waals surface area contributed by atoms with Crippen LogP contribution in [0.15, 0.2) is 23.4 Å². The largest absolute Gasteiger partial charge is 0.497 e. The number of hydrogen-bond acceptors (Lipinski definition) is 5. The Kier molecular flexibility index (Phi) is 5.63. The molecule has 0 aliphatic carbocycles. The third-order valence-corrected chi connectivity index (χ3v) is 5.12. The monoisotopic (exact) mass is 348 g/mol. The Morgan fingerprint density at radius 2 is 2.12 bits per heavy atom. The number of fused-ring (bicyclic) bond motifs is 1. The number of carbonyl (C=O) groups excluding carboxylic acids is 1. The Labute approximate surface area is 146 Å². The molecule has 0 radical (unpaired) electrons. The number of rotatable bonds is 6. The van der Waals surface area contributed by atoms with Gasteiger partial charge >= 0.3 is 0 Å². The summed E-state index contributed by atoms with van der Waals surface area (Å²) in [5.74, 6) is 1.41. The van der Waals surface area contributed by atoms with Crippen molar-refractivity contribution in [2.24, 2.45) is 0 Å². The fourth-order valence-corrected chi connectivity index (χ4v) is 3.71. The number of imidazole rings is 1. The number of H-pyrrole nitrogens is 1. The molecule has 130 valence electrons. The Hall–Kier alpha value is -1.73. The van der Waals surface area contributed by atoms with Crippen LogP contribution in [0.25, 0.3) is 11.0 Å². The van der Waals surface area contributed by atoms with Gasteiger partial charge in [0.2, 0.25) is 5.91 Å². The van der Waals surface area contributed by atoms with E-state index in [1.54, 1.807) is 7.11 Å². The normalized spacial score (nSPS) is 15.8. The van der Waals surface area contributed by atoms with Gasteiger partial charge in [-0.3, -0.25) is 9.69 Å². The molecule has 1 fully saturated rings. The minimum atomic E-state index is 0.189. The number of aromatic amines is 1. The summed E-state index contributed by atoms with van der Waals surface area (Å²) in [6, 6.07) is 5.73. The Morgan fingerprint density at radius 3 is 2.83 bits per heavy atom. The van der Waals surface area contributed by atoms with Gasteiger partial charge in [0.05, 0.1) is 23.9 Å². The molecule has 1 saturated heterocycles. The zero-order valence-electron chi connectivity index (χ0n) is 14.2. The van der Waals surface area contributed by atoms with Crippen LogP contribution in [-0.4, -0.2) is 71.3 Å². The molecular formula is C17H24N4O2S. The summed E-state index contributed by atoms with van der Waals surface area (Å²) in [6.45, 7) is 6.94. The number of aromatic nitrogens is 2. The van der Waals surface area contributed by atoms with Crippen molar-refractivity contribution >= 4 is 28.7 Å². The molecule has 0 atom stereocenters. The number of carbonyl (C=O) groups is 1. The molecule has 7 heteroatoms. The Bertz CT molecular complexity index is 695. The van der Waals surface area contributed by atoms with Crippen LogP contribution in [0, 0.1) is 0 Å². The lowest BCUT2D eigenvalue weighted by Crippen LogP contribution is -2.49. The number of methoxy groups -OCH3 is 1. The van der Waals surface area contributed by atoms with Crippen molar-refractivity contribution in [1.29, 1.82) is 0 Å². The van der Waals surface area contributed by atoms with Gasteiger partial charge in [0, 0.05) is 32.2 Å². The molecular weight excluding hydrogens is 324 g/mol. The molecule has 1 aliphatic rings. The molecule has 0 spiro atoms. The topological polar surface area (TPSA) is 61.5 Å². The summed E-state index contributed by atoms with van der Waals surface area (Å²) in [4.78, 5) is 24.5. The lowest BCUT2D eigenvalue weighted by Gasteiger charge is -2.34. The lowest BCUT2D eigenvalue weighted by molar-refractivity contribution is -0.130. The smallest absolute Gasteiger partial charge is 0.233 e. The predicted molar refractivity (Wildman–Crippen MR) is 96.7 cm³/mol. The van der Waals surface area contributed by atoms with Gasteiger partial charge in [-0.05, 0) is 25.1 Å². The van der Waals surface area contributed by atoms with Gasteiger partial charge in [-0.25, -0.2) is 4.98 Å². The van der Waals surface area contributed by atoms with Gasteiger partial charge in [-0.2, -0.15) is 0 Å². The van der Waals surface area contributed by atoms with Crippen molar-refractivity contribution < 1.29 is 9.53 Å². The van der Waals surface area contributed by atoms with Crippen LogP contribution in [0.3, 0.4) is 0 Å². The first-order valence-corrected chi connectivity index (χ1v) is 9.35. The number of benzene rings is 1. The summed E-state index contributed by atoms with van der Waals surface area (Å²) < 4.78 is 5.22. The van der Waals surface area contributed by atoms with E-state index in [0.717, 1.165) is 54.7 Å². The number of thioether (sulfide) groups is 1. The first-order valence-electron chi connectivity index (χ1n) is 8.36. The second-order valence-electron chi connectivity index (χ2n) is 5.94.